The molecule has 0 bridgehead atoms. The van der Waals surface area contributed by atoms with Gasteiger partial charge >= 0.3 is 6.18 Å². The summed E-state index contributed by atoms with van der Waals surface area (Å²) < 4.78 is 37.2. The van der Waals surface area contributed by atoms with Crippen LogP contribution < -0.4 is 0 Å². The highest BCUT2D eigenvalue weighted by atomic mass is 19.4. The molecule has 1 aliphatic rings. The predicted octanol–water partition coefficient (Wildman–Crippen LogP) is 2.91. The van der Waals surface area contributed by atoms with Crippen molar-refractivity contribution in [2.45, 2.75) is 31.9 Å². The van der Waals surface area contributed by atoms with Gasteiger partial charge in [-0.1, -0.05) is 0 Å². The molecule has 0 aliphatic heterocycles. The van der Waals surface area contributed by atoms with E-state index in [0.29, 0.717) is 12.0 Å². The van der Waals surface area contributed by atoms with Crippen molar-refractivity contribution in [2.75, 3.05) is 0 Å². The fourth-order valence-electron chi connectivity index (χ4n) is 1.86. The van der Waals surface area contributed by atoms with E-state index < -0.39 is 11.7 Å². The summed E-state index contributed by atoms with van der Waals surface area (Å²) in [6, 6.07) is 0. The van der Waals surface area contributed by atoms with Crippen LogP contribution in [0.1, 0.15) is 29.7 Å². The number of fused-ring (bicyclic) bond motifs is 1. The Morgan fingerprint density at radius 1 is 1.15 bits per heavy atom. The molecular weight excluding hydrogens is 179 g/mol. The van der Waals surface area contributed by atoms with Crippen LogP contribution in [0.4, 0.5) is 13.2 Å². The second-order valence-corrected chi connectivity index (χ2v) is 3.36. The molecule has 0 unspecified atom stereocenters. The van der Waals surface area contributed by atoms with Crippen LogP contribution in [-0.2, 0) is 19.0 Å². The highest BCUT2D eigenvalue weighted by Gasteiger charge is 2.35. The van der Waals surface area contributed by atoms with Crippen molar-refractivity contribution in [1.29, 1.82) is 0 Å². The zero-order valence-electron chi connectivity index (χ0n) is 7.04. The summed E-state index contributed by atoms with van der Waals surface area (Å²) in [5, 5.41) is 0. The molecule has 4 heteroatoms. The summed E-state index contributed by atoms with van der Waals surface area (Å²) >= 11 is 0. The Balaban J connectivity index is 2.43. The molecule has 1 heterocycles. The molecule has 0 aromatic carbocycles. The topological polar surface area (TPSA) is 15.8 Å². The molecule has 0 saturated heterocycles. The Hall–Kier alpha value is -0.930. The lowest BCUT2D eigenvalue weighted by molar-refractivity contribution is -0.138. The lowest BCUT2D eigenvalue weighted by Crippen LogP contribution is -2.10. The number of nitrogens with one attached hydrogen (secondary N) is 1. The first-order valence-electron chi connectivity index (χ1n) is 4.35. The Labute approximate surface area is 74.0 Å². The van der Waals surface area contributed by atoms with Gasteiger partial charge < -0.3 is 4.98 Å². The van der Waals surface area contributed by atoms with Crippen LogP contribution >= 0.6 is 0 Å². The van der Waals surface area contributed by atoms with Crippen molar-refractivity contribution >= 4 is 0 Å². The van der Waals surface area contributed by atoms with Gasteiger partial charge in [-0.15, -0.1) is 0 Å². The van der Waals surface area contributed by atoms with Crippen molar-refractivity contribution < 1.29 is 13.2 Å². The highest BCUT2D eigenvalue weighted by molar-refractivity contribution is 5.34. The smallest absolute Gasteiger partial charge is 0.364 e. The number of hydrogen-bond donors (Lipinski definition) is 1. The molecule has 1 aliphatic carbocycles. The van der Waals surface area contributed by atoms with Crippen LogP contribution in [0.15, 0.2) is 6.20 Å². The second-order valence-electron chi connectivity index (χ2n) is 3.36. The average Bonchev–Trinajstić information content (AvgIpc) is 2.45. The fraction of sp³-hybridized carbons (Fsp3) is 0.556. The summed E-state index contributed by atoms with van der Waals surface area (Å²) in [4.78, 5) is 2.71. The maximum absolute atomic E-state index is 12.4. The van der Waals surface area contributed by atoms with Crippen molar-refractivity contribution in [1.82, 2.24) is 4.98 Å². The molecule has 0 amide bonds. The summed E-state index contributed by atoms with van der Waals surface area (Å²) in [6.07, 6.45) is 0.0786. The third kappa shape index (κ3) is 1.45. The number of rotatable bonds is 0. The quantitative estimate of drug-likeness (QED) is 0.645. The number of alkyl halides is 3. The Morgan fingerprint density at radius 3 is 2.54 bits per heavy atom. The molecule has 0 saturated carbocycles. The van der Waals surface area contributed by atoms with Gasteiger partial charge in [-0.25, -0.2) is 0 Å². The molecule has 1 aromatic rings. The molecule has 13 heavy (non-hydrogen) atoms. The van der Waals surface area contributed by atoms with Crippen LogP contribution in [0.5, 0.6) is 0 Å². The van der Waals surface area contributed by atoms with Crippen molar-refractivity contribution in [3.8, 4) is 0 Å². The molecule has 2 rings (SSSR count). The predicted molar refractivity (Wildman–Crippen MR) is 42.4 cm³/mol. The van der Waals surface area contributed by atoms with Crippen molar-refractivity contribution in [2.24, 2.45) is 0 Å². The van der Waals surface area contributed by atoms with E-state index in [1.54, 1.807) is 0 Å². The summed E-state index contributed by atoms with van der Waals surface area (Å²) in [5.74, 6) is 0. The van der Waals surface area contributed by atoms with Gasteiger partial charge in [0.1, 0.15) is 0 Å². The molecule has 1 N–H and O–H groups in total. The molecule has 72 valence electrons. The number of aromatic nitrogens is 1. The van der Waals surface area contributed by atoms with Crippen molar-refractivity contribution in [3.05, 3.63) is 23.0 Å². The monoisotopic (exact) mass is 189 g/mol. The van der Waals surface area contributed by atoms with Crippen LogP contribution in [0.3, 0.4) is 0 Å². The number of H-pyrrole nitrogens is 1. The van der Waals surface area contributed by atoms with Gasteiger partial charge in [0, 0.05) is 11.9 Å². The van der Waals surface area contributed by atoms with E-state index in [-0.39, 0.29) is 0 Å². The minimum atomic E-state index is -4.19. The highest BCUT2D eigenvalue weighted by Crippen LogP contribution is 2.36. The van der Waals surface area contributed by atoms with E-state index in [0.717, 1.165) is 31.2 Å². The minimum Gasteiger partial charge on any atom is -0.364 e. The molecule has 1 nitrogen and oxygen atoms in total. The van der Waals surface area contributed by atoms with E-state index in [1.807, 2.05) is 0 Å². The normalized spacial score (nSPS) is 17.2. The van der Waals surface area contributed by atoms with Crippen LogP contribution in [0.2, 0.25) is 0 Å². The maximum atomic E-state index is 12.4. The Bertz CT molecular complexity index is 311. The van der Waals surface area contributed by atoms with Crippen LogP contribution in [-0.4, -0.2) is 4.98 Å². The van der Waals surface area contributed by atoms with Gasteiger partial charge in [0.15, 0.2) is 0 Å². The molecule has 1 aromatic heterocycles. The molecular formula is C9H10F3N. The van der Waals surface area contributed by atoms with Gasteiger partial charge in [0.25, 0.3) is 0 Å². The molecule has 0 atom stereocenters. The van der Waals surface area contributed by atoms with Crippen LogP contribution in [0, 0.1) is 0 Å². The zero-order valence-corrected chi connectivity index (χ0v) is 7.04. The molecule has 0 spiro atoms. The fourth-order valence-corrected chi connectivity index (χ4v) is 1.86. The maximum Gasteiger partial charge on any atom is 0.418 e. The first-order chi connectivity index (χ1) is 6.09. The summed E-state index contributed by atoms with van der Waals surface area (Å²) in [5.41, 5.74) is 0.791. The third-order valence-electron chi connectivity index (χ3n) is 2.49. The van der Waals surface area contributed by atoms with E-state index in [2.05, 4.69) is 4.98 Å². The van der Waals surface area contributed by atoms with Gasteiger partial charge in [-0.05, 0) is 31.2 Å². The lowest BCUT2D eigenvalue weighted by atomic mass is 9.95. The Kier molecular flexibility index (Phi) is 1.86. The van der Waals surface area contributed by atoms with E-state index >= 15 is 0 Å². The number of hydrogen-bond acceptors (Lipinski definition) is 0. The largest absolute Gasteiger partial charge is 0.418 e. The first-order valence-corrected chi connectivity index (χ1v) is 4.35. The minimum absolute atomic E-state index is 0.470. The molecule has 0 fully saturated rings. The first kappa shape index (κ1) is 8.66. The van der Waals surface area contributed by atoms with Gasteiger partial charge in [-0.2, -0.15) is 13.2 Å². The SMILES string of the molecule is FC(F)(F)c1c[nH]c2c1CCCC2. The van der Waals surface area contributed by atoms with E-state index in [4.69, 9.17) is 0 Å². The van der Waals surface area contributed by atoms with Crippen LogP contribution in [0.25, 0.3) is 0 Å². The van der Waals surface area contributed by atoms with Gasteiger partial charge in [-0.3, -0.25) is 0 Å². The summed E-state index contributed by atoms with van der Waals surface area (Å²) in [7, 11) is 0. The number of aryl methyl sites for hydroxylation is 1. The van der Waals surface area contributed by atoms with Crippen molar-refractivity contribution in [3.63, 3.8) is 0 Å². The average molecular weight is 189 g/mol. The third-order valence-corrected chi connectivity index (χ3v) is 2.49. The Morgan fingerprint density at radius 2 is 1.85 bits per heavy atom. The number of halogens is 3. The zero-order chi connectivity index (χ0) is 9.47. The number of aromatic amines is 1. The summed E-state index contributed by atoms with van der Waals surface area (Å²) in [6.45, 7) is 0. The van der Waals surface area contributed by atoms with Gasteiger partial charge in [0.05, 0.1) is 5.56 Å². The second kappa shape index (κ2) is 2.79. The molecule has 0 radical (unpaired) electrons. The lowest BCUT2D eigenvalue weighted by Gasteiger charge is -2.13. The standard InChI is InChI=1S/C9H10F3N/c10-9(11,12)7-5-13-8-4-2-1-3-6(7)8/h5,13H,1-4H2. The van der Waals surface area contributed by atoms with E-state index in [9.17, 15) is 13.2 Å². The van der Waals surface area contributed by atoms with Gasteiger partial charge in [0.2, 0.25) is 0 Å². The van der Waals surface area contributed by atoms with E-state index in [1.165, 1.54) is 0 Å².